The van der Waals surface area contributed by atoms with Crippen LogP contribution in [0.2, 0.25) is 0 Å². The van der Waals surface area contributed by atoms with E-state index in [1.54, 1.807) is 0 Å². The molecule has 16 heavy (non-hydrogen) atoms. The van der Waals surface area contributed by atoms with E-state index in [0.717, 1.165) is 30.9 Å². The molecule has 0 saturated heterocycles. The molecule has 90 valence electrons. The molecule has 0 atom stereocenters. The second-order valence-corrected chi connectivity index (χ2v) is 3.68. The molecular weight excluding hydrogens is 202 g/mol. The van der Waals surface area contributed by atoms with Crippen molar-refractivity contribution in [3.05, 3.63) is 29.3 Å². The van der Waals surface area contributed by atoms with Crippen LogP contribution in [0, 0.1) is 6.92 Å². The fourth-order valence-electron chi connectivity index (χ4n) is 1.53. The number of nitrogens with two attached hydrogens (primary N) is 1. The number of hydrogen-bond donors (Lipinski definition) is 1. The second kappa shape index (κ2) is 7.25. The maximum atomic E-state index is 5.51. The molecule has 0 fully saturated rings. The van der Waals surface area contributed by atoms with Gasteiger partial charge >= 0.3 is 0 Å². The summed E-state index contributed by atoms with van der Waals surface area (Å²) >= 11 is 0. The van der Waals surface area contributed by atoms with Crippen molar-refractivity contribution in [3.8, 4) is 5.75 Å². The predicted octanol–water partition coefficient (Wildman–Crippen LogP) is 1.91. The lowest BCUT2D eigenvalue weighted by molar-refractivity contribution is 0.151. The minimum atomic E-state index is 0.547. The van der Waals surface area contributed by atoms with Gasteiger partial charge in [-0.1, -0.05) is 12.1 Å². The molecule has 0 aliphatic heterocycles. The van der Waals surface area contributed by atoms with Gasteiger partial charge in [-0.05, 0) is 37.5 Å². The zero-order valence-electron chi connectivity index (χ0n) is 10.2. The average molecular weight is 223 g/mol. The normalized spacial score (nSPS) is 10.4. The Bertz CT molecular complexity index is 313. The van der Waals surface area contributed by atoms with E-state index >= 15 is 0 Å². The van der Waals surface area contributed by atoms with Crippen molar-refractivity contribution in [1.29, 1.82) is 0 Å². The molecule has 0 radical (unpaired) electrons. The zero-order chi connectivity index (χ0) is 11.8. The molecule has 0 saturated carbocycles. The predicted molar refractivity (Wildman–Crippen MR) is 65.9 cm³/mol. The molecule has 1 aromatic rings. The quantitative estimate of drug-likeness (QED) is 0.718. The van der Waals surface area contributed by atoms with Gasteiger partial charge in [0, 0.05) is 13.2 Å². The molecule has 0 spiro atoms. The Morgan fingerprint density at radius 3 is 2.69 bits per heavy atom. The van der Waals surface area contributed by atoms with E-state index in [1.165, 1.54) is 5.56 Å². The van der Waals surface area contributed by atoms with Gasteiger partial charge in [-0.25, -0.2) is 0 Å². The lowest BCUT2D eigenvalue weighted by Gasteiger charge is -2.09. The first-order valence-electron chi connectivity index (χ1n) is 5.78. The summed E-state index contributed by atoms with van der Waals surface area (Å²) in [6, 6.07) is 6.23. The molecule has 3 heteroatoms. The van der Waals surface area contributed by atoms with Gasteiger partial charge in [-0.15, -0.1) is 0 Å². The van der Waals surface area contributed by atoms with Crippen molar-refractivity contribution in [2.75, 3.05) is 26.4 Å². The first-order valence-corrected chi connectivity index (χ1v) is 5.78. The molecule has 0 unspecified atom stereocenters. The Balaban J connectivity index is 2.53. The van der Waals surface area contributed by atoms with E-state index in [2.05, 4.69) is 19.1 Å². The molecule has 0 aromatic heterocycles. The molecule has 0 aliphatic carbocycles. The second-order valence-electron chi connectivity index (χ2n) is 3.68. The highest BCUT2D eigenvalue weighted by Gasteiger charge is 2.01. The molecule has 0 heterocycles. The Hall–Kier alpha value is -1.06. The van der Waals surface area contributed by atoms with E-state index in [4.69, 9.17) is 15.2 Å². The van der Waals surface area contributed by atoms with Gasteiger partial charge in [0.05, 0.1) is 6.61 Å². The van der Waals surface area contributed by atoms with Crippen LogP contribution < -0.4 is 10.5 Å². The number of benzene rings is 1. The van der Waals surface area contributed by atoms with Crippen LogP contribution >= 0.6 is 0 Å². The first-order chi connectivity index (χ1) is 7.77. The lowest BCUT2D eigenvalue weighted by Crippen LogP contribution is -2.11. The Morgan fingerprint density at radius 2 is 2.06 bits per heavy atom. The van der Waals surface area contributed by atoms with Gasteiger partial charge in [0.25, 0.3) is 0 Å². The van der Waals surface area contributed by atoms with Gasteiger partial charge in [0.15, 0.2) is 0 Å². The van der Waals surface area contributed by atoms with E-state index < -0.39 is 0 Å². The van der Waals surface area contributed by atoms with Crippen molar-refractivity contribution in [2.24, 2.45) is 5.73 Å². The summed E-state index contributed by atoms with van der Waals surface area (Å²) in [6.07, 6.45) is 0.950. The van der Waals surface area contributed by atoms with Crippen molar-refractivity contribution < 1.29 is 9.47 Å². The van der Waals surface area contributed by atoms with Gasteiger partial charge in [-0.3, -0.25) is 0 Å². The van der Waals surface area contributed by atoms with Crippen molar-refractivity contribution in [2.45, 2.75) is 20.3 Å². The monoisotopic (exact) mass is 223 g/mol. The summed E-state index contributed by atoms with van der Waals surface area (Å²) in [5.74, 6) is 0.922. The number of hydrogen-bond acceptors (Lipinski definition) is 3. The summed E-state index contributed by atoms with van der Waals surface area (Å²) in [7, 11) is 0. The van der Waals surface area contributed by atoms with E-state index in [0.29, 0.717) is 13.2 Å². The van der Waals surface area contributed by atoms with Crippen LogP contribution in [0.3, 0.4) is 0 Å². The number of aryl methyl sites for hydroxylation is 1. The minimum absolute atomic E-state index is 0.547. The van der Waals surface area contributed by atoms with Crippen LogP contribution in [-0.4, -0.2) is 26.4 Å². The highest BCUT2D eigenvalue weighted by molar-refractivity contribution is 5.36. The highest BCUT2D eigenvalue weighted by atomic mass is 16.5. The van der Waals surface area contributed by atoms with E-state index in [-0.39, 0.29) is 0 Å². The molecule has 0 amide bonds. The summed E-state index contributed by atoms with van der Waals surface area (Å²) in [5, 5.41) is 0. The van der Waals surface area contributed by atoms with Crippen molar-refractivity contribution >= 4 is 0 Å². The third-order valence-electron chi connectivity index (χ3n) is 2.35. The fourth-order valence-corrected chi connectivity index (χ4v) is 1.53. The van der Waals surface area contributed by atoms with Gasteiger partial charge in [0.1, 0.15) is 12.4 Å². The highest BCUT2D eigenvalue weighted by Crippen LogP contribution is 2.19. The standard InChI is InChI=1S/C13H21NO2/c1-3-15-8-6-12-4-5-13(11(2)10-12)16-9-7-14/h4-5,10H,3,6-9,14H2,1-2H3. The molecule has 3 nitrogen and oxygen atoms in total. The Labute approximate surface area is 97.6 Å². The van der Waals surface area contributed by atoms with Crippen LogP contribution in [-0.2, 0) is 11.2 Å². The van der Waals surface area contributed by atoms with Crippen LogP contribution in [0.5, 0.6) is 5.75 Å². The maximum absolute atomic E-state index is 5.51. The SMILES string of the molecule is CCOCCc1ccc(OCCN)c(C)c1. The van der Waals surface area contributed by atoms with Crippen LogP contribution in [0.15, 0.2) is 18.2 Å². The lowest BCUT2D eigenvalue weighted by atomic mass is 10.1. The zero-order valence-corrected chi connectivity index (χ0v) is 10.2. The van der Waals surface area contributed by atoms with Crippen LogP contribution in [0.1, 0.15) is 18.1 Å². The summed E-state index contributed by atoms with van der Waals surface area (Å²) in [4.78, 5) is 0. The third kappa shape index (κ3) is 4.21. The van der Waals surface area contributed by atoms with E-state index in [1.807, 2.05) is 13.0 Å². The van der Waals surface area contributed by atoms with Gasteiger partial charge < -0.3 is 15.2 Å². The smallest absolute Gasteiger partial charge is 0.122 e. The Kier molecular flexibility index (Phi) is 5.90. The van der Waals surface area contributed by atoms with Gasteiger partial charge in [0.2, 0.25) is 0 Å². The molecule has 1 rings (SSSR count). The first kappa shape index (κ1) is 13.0. The van der Waals surface area contributed by atoms with Crippen LogP contribution in [0.25, 0.3) is 0 Å². The number of rotatable bonds is 7. The molecular formula is C13H21NO2. The topological polar surface area (TPSA) is 44.5 Å². The fraction of sp³-hybridized carbons (Fsp3) is 0.538. The largest absolute Gasteiger partial charge is 0.492 e. The Morgan fingerprint density at radius 1 is 1.25 bits per heavy atom. The minimum Gasteiger partial charge on any atom is -0.492 e. The molecule has 0 bridgehead atoms. The number of ether oxygens (including phenoxy) is 2. The maximum Gasteiger partial charge on any atom is 0.122 e. The molecule has 1 aromatic carbocycles. The molecule has 0 aliphatic rings. The van der Waals surface area contributed by atoms with Crippen LogP contribution in [0.4, 0.5) is 0 Å². The third-order valence-corrected chi connectivity index (χ3v) is 2.35. The average Bonchev–Trinajstić information content (AvgIpc) is 2.28. The van der Waals surface area contributed by atoms with Crippen molar-refractivity contribution in [1.82, 2.24) is 0 Å². The summed E-state index contributed by atoms with van der Waals surface area (Å²) in [5.41, 5.74) is 7.83. The van der Waals surface area contributed by atoms with E-state index in [9.17, 15) is 0 Å². The summed E-state index contributed by atoms with van der Waals surface area (Å²) < 4.78 is 10.8. The van der Waals surface area contributed by atoms with Crippen molar-refractivity contribution in [3.63, 3.8) is 0 Å². The summed E-state index contributed by atoms with van der Waals surface area (Å²) in [6.45, 7) is 6.73. The van der Waals surface area contributed by atoms with Gasteiger partial charge in [-0.2, -0.15) is 0 Å². The molecule has 2 N–H and O–H groups in total.